The lowest BCUT2D eigenvalue weighted by Crippen LogP contribution is -2.20. The number of nitrogens with one attached hydrogen (secondary N) is 1. The van der Waals surface area contributed by atoms with E-state index in [9.17, 15) is 4.39 Å². The van der Waals surface area contributed by atoms with Crippen LogP contribution in [0, 0.1) is 5.82 Å². The average molecular weight is 237 g/mol. The number of hydrogen-bond acceptors (Lipinski definition) is 2. The zero-order chi connectivity index (χ0) is 12.5. The summed E-state index contributed by atoms with van der Waals surface area (Å²) in [6.07, 6.45) is 1.16. The molecule has 0 unspecified atom stereocenters. The maximum atomic E-state index is 13.9. The molecule has 2 rings (SSSR count). The number of benzene rings is 1. The molecular weight excluding hydrogens is 217 g/mol. The molecule has 1 aromatic carbocycles. The summed E-state index contributed by atoms with van der Waals surface area (Å²) in [6.45, 7) is 7.85. The van der Waals surface area contributed by atoms with Crippen LogP contribution in [0.5, 0.6) is 5.75 Å². The number of hydrogen-bond donors (Lipinski definition) is 1. The van der Waals surface area contributed by atoms with Crippen LogP contribution in [-0.2, 0) is 5.41 Å². The highest BCUT2D eigenvalue weighted by atomic mass is 19.1. The minimum atomic E-state index is -0.180. The summed E-state index contributed by atoms with van der Waals surface area (Å²) in [5.41, 5.74) is 0.562. The van der Waals surface area contributed by atoms with Gasteiger partial charge in [-0.3, -0.25) is 0 Å². The third-order valence-corrected chi connectivity index (χ3v) is 3.07. The molecule has 0 aliphatic carbocycles. The van der Waals surface area contributed by atoms with Gasteiger partial charge >= 0.3 is 0 Å². The molecule has 0 aromatic heterocycles. The van der Waals surface area contributed by atoms with Gasteiger partial charge in [-0.1, -0.05) is 26.8 Å². The van der Waals surface area contributed by atoms with Crippen LogP contribution in [-0.4, -0.2) is 19.2 Å². The largest absolute Gasteiger partial charge is 0.489 e. The lowest BCUT2D eigenvalue weighted by atomic mass is 9.87. The monoisotopic (exact) mass is 237 g/mol. The van der Waals surface area contributed by atoms with E-state index in [0.29, 0.717) is 5.75 Å². The average Bonchev–Trinajstić information content (AvgIpc) is 2.68. The first-order chi connectivity index (χ1) is 7.97. The molecule has 1 aliphatic heterocycles. The van der Waals surface area contributed by atoms with Crippen molar-refractivity contribution >= 4 is 0 Å². The van der Waals surface area contributed by atoms with Gasteiger partial charge in [0, 0.05) is 12.6 Å². The molecule has 1 aromatic rings. The van der Waals surface area contributed by atoms with Crippen molar-refractivity contribution in [1.29, 1.82) is 0 Å². The Bertz CT molecular complexity index is 392. The highest BCUT2D eigenvalue weighted by molar-refractivity contribution is 5.33. The van der Waals surface area contributed by atoms with Crippen molar-refractivity contribution < 1.29 is 9.13 Å². The van der Waals surface area contributed by atoms with Gasteiger partial charge in [-0.25, -0.2) is 4.39 Å². The van der Waals surface area contributed by atoms with Gasteiger partial charge in [-0.2, -0.15) is 0 Å². The van der Waals surface area contributed by atoms with Gasteiger partial charge in [0.05, 0.1) is 0 Å². The van der Waals surface area contributed by atoms with E-state index in [1.807, 2.05) is 32.9 Å². The topological polar surface area (TPSA) is 21.3 Å². The Labute approximate surface area is 102 Å². The molecule has 0 saturated carbocycles. The van der Waals surface area contributed by atoms with Crippen LogP contribution in [0.2, 0.25) is 0 Å². The van der Waals surface area contributed by atoms with E-state index in [0.717, 1.165) is 25.1 Å². The van der Waals surface area contributed by atoms with Crippen LogP contribution in [0.25, 0.3) is 0 Å². The van der Waals surface area contributed by atoms with Gasteiger partial charge in [-0.15, -0.1) is 0 Å². The van der Waals surface area contributed by atoms with Gasteiger partial charge in [0.1, 0.15) is 17.7 Å². The Balaban J connectivity index is 2.13. The molecule has 0 amide bonds. The van der Waals surface area contributed by atoms with Gasteiger partial charge in [0.2, 0.25) is 0 Å². The normalized spacial score (nSPS) is 20.6. The molecule has 3 heteroatoms. The first-order valence-electron chi connectivity index (χ1n) is 6.14. The Morgan fingerprint density at radius 1 is 1.35 bits per heavy atom. The van der Waals surface area contributed by atoms with E-state index in [-0.39, 0.29) is 17.3 Å². The van der Waals surface area contributed by atoms with Crippen molar-refractivity contribution in [3.63, 3.8) is 0 Å². The van der Waals surface area contributed by atoms with Crippen LogP contribution in [0.1, 0.15) is 32.8 Å². The lowest BCUT2D eigenvalue weighted by molar-refractivity contribution is 0.222. The molecule has 17 heavy (non-hydrogen) atoms. The lowest BCUT2D eigenvalue weighted by Gasteiger charge is -2.21. The van der Waals surface area contributed by atoms with Crippen LogP contribution in [0.3, 0.4) is 0 Å². The van der Waals surface area contributed by atoms with Crippen molar-refractivity contribution in [2.24, 2.45) is 0 Å². The van der Waals surface area contributed by atoms with E-state index in [1.165, 1.54) is 6.07 Å². The van der Waals surface area contributed by atoms with Crippen LogP contribution in [0.4, 0.5) is 4.39 Å². The number of halogens is 1. The maximum Gasteiger partial charge on any atom is 0.130 e. The summed E-state index contributed by atoms with van der Waals surface area (Å²) in [5.74, 6) is 0.449. The standard InChI is InChI=1S/C14H20FNO/c1-14(2,3)12-5-4-10(8-13(12)15)17-11-6-7-16-9-11/h4-5,8,11,16H,6-7,9H2,1-3H3/t11-/m1/s1. The predicted molar refractivity (Wildman–Crippen MR) is 67.0 cm³/mol. The minimum absolute atomic E-state index is 0.169. The molecule has 1 heterocycles. The second-order valence-electron chi connectivity index (χ2n) is 5.62. The number of rotatable bonds is 2. The molecule has 0 spiro atoms. The molecular formula is C14H20FNO. The zero-order valence-electron chi connectivity index (χ0n) is 10.7. The molecule has 1 aliphatic rings. The van der Waals surface area contributed by atoms with Crippen molar-refractivity contribution in [2.75, 3.05) is 13.1 Å². The minimum Gasteiger partial charge on any atom is -0.489 e. The van der Waals surface area contributed by atoms with Crippen molar-refractivity contribution in [3.05, 3.63) is 29.6 Å². The molecule has 2 nitrogen and oxygen atoms in total. The first kappa shape index (κ1) is 12.4. The van der Waals surface area contributed by atoms with Gasteiger partial charge in [0.15, 0.2) is 0 Å². The van der Waals surface area contributed by atoms with E-state index in [4.69, 9.17) is 4.74 Å². The van der Waals surface area contributed by atoms with Crippen LogP contribution < -0.4 is 10.1 Å². The third-order valence-electron chi connectivity index (χ3n) is 3.07. The molecule has 0 bridgehead atoms. The van der Waals surface area contributed by atoms with E-state index in [1.54, 1.807) is 0 Å². The molecule has 0 radical (unpaired) electrons. The predicted octanol–water partition coefficient (Wildman–Crippen LogP) is 2.86. The summed E-state index contributed by atoms with van der Waals surface area (Å²) < 4.78 is 19.6. The summed E-state index contributed by atoms with van der Waals surface area (Å²) in [6, 6.07) is 5.19. The van der Waals surface area contributed by atoms with Crippen molar-refractivity contribution in [1.82, 2.24) is 5.32 Å². The van der Waals surface area contributed by atoms with Gasteiger partial charge in [0.25, 0.3) is 0 Å². The molecule has 1 atom stereocenters. The number of ether oxygens (including phenoxy) is 1. The second-order valence-corrected chi connectivity index (χ2v) is 5.62. The molecule has 1 N–H and O–H groups in total. The van der Waals surface area contributed by atoms with Crippen LogP contribution in [0.15, 0.2) is 18.2 Å². The Morgan fingerprint density at radius 3 is 2.65 bits per heavy atom. The SMILES string of the molecule is CC(C)(C)c1ccc(O[C@@H]2CCNC2)cc1F. The Hall–Kier alpha value is -1.09. The summed E-state index contributed by atoms with van der Waals surface area (Å²) >= 11 is 0. The third kappa shape index (κ3) is 2.97. The first-order valence-corrected chi connectivity index (χ1v) is 6.14. The second kappa shape index (κ2) is 4.65. The van der Waals surface area contributed by atoms with E-state index >= 15 is 0 Å². The zero-order valence-corrected chi connectivity index (χ0v) is 10.7. The van der Waals surface area contributed by atoms with Crippen molar-refractivity contribution in [3.8, 4) is 5.75 Å². The molecule has 1 fully saturated rings. The highest BCUT2D eigenvalue weighted by Gasteiger charge is 2.20. The quantitative estimate of drug-likeness (QED) is 0.854. The summed E-state index contributed by atoms with van der Waals surface area (Å²) in [4.78, 5) is 0. The van der Waals surface area contributed by atoms with E-state index < -0.39 is 0 Å². The van der Waals surface area contributed by atoms with Gasteiger partial charge in [-0.05, 0) is 30.0 Å². The molecule has 94 valence electrons. The maximum absolute atomic E-state index is 13.9. The van der Waals surface area contributed by atoms with Crippen molar-refractivity contribution in [2.45, 2.75) is 38.7 Å². The summed E-state index contributed by atoms with van der Waals surface area (Å²) in [7, 11) is 0. The Kier molecular flexibility index (Phi) is 3.38. The fourth-order valence-electron chi connectivity index (χ4n) is 2.10. The molecule has 1 saturated heterocycles. The fourth-order valence-corrected chi connectivity index (χ4v) is 2.10. The van der Waals surface area contributed by atoms with E-state index in [2.05, 4.69) is 5.32 Å². The Morgan fingerprint density at radius 2 is 2.12 bits per heavy atom. The highest BCUT2D eigenvalue weighted by Crippen LogP contribution is 2.28. The van der Waals surface area contributed by atoms with Crippen LogP contribution >= 0.6 is 0 Å². The smallest absolute Gasteiger partial charge is 0.130 e. The summed E-state index contributed by atoms with van der Waals surface area (Å²) in [5, 5.41) is 3.22. The van der Waals surface area contributed by atoms with Gasteiger partial charge < -0.3 is 10.1 Å². The fraction of sp³-hybridized carbons (Fsp3) is 0.571.